The predicted molar refractivity (Wildman–Crippen MR) is 132 cm³/mol. The van der Waals surface area contributed by atoms with E-state index in [1.165, 1.54) is 11.8 Å². The van der Waals surface area contributed by atoms with E-state index in [0.29, 0.717) is 18.2 Å². The first-order valence-corrected chi connectivity index (χ1v) is 13.8. The van der Waals surface area contributed by atoms with E-state index in [2.05, 4.69) is 24.5 Å². The molecule has 0 saturated carbocycles. The molecule has 1 amide bonds. The van der Waals surface area contributed by atoms with Gasteiger partial charge in [0.2, 0.25) is 5.91 Å². The van der Waals surface area contributed by atoms with Crippen LogP contribution in [0.15, 0.2) is 24.2 Å². The number of ether oxygens (including phenoxy) is 2. The van der Waals surface area contributed by atoms with Crippen LogP contribution in [0.25, 0.3) is 0 Å². The van der Waals surface area contributed by atoms with E-state index < -0.39 is 48.0 Å². The first-order chi connectivity index (χ1) is 16.7. The van der Waals surface area contributed by atoms with Crippen molar-refractivity contribution in [2.45, 2.75) is 88.1 Å². The second-order valence-corrected chi connectivity index (χ2v) is 12.0. The average Bonchev–Trinajstić information content (AvgIpc) is 3.10. The van der Waals surface area contributed by atoms with Gasteiger partial charge in [-0.3, -0.25) is 4.79 Å². The van der Waals surface area contributed by atoms with Gasteiger partial charge >= 0.3 is 0 Å². The summed E-state index contributed by atoms with van der Waals surface area (Å²) in [7, 11) is 0. The molecule has 0 aliphatic carbocycles. The fourth-order valence-electron chi connectivity index (χ4n) is 5.77. The Morgan fingerprint density at radius 3 is 2.74 bits per heavy atom. The number of nitrogens with one attached hydrogen (secondary N) is 2. The molecule has 2 bridgehead atoms. The monoisotopic (exact) mass is 512 g/mol. The van der Waals surface area contributed by atoms with Crippen molar-refractivity contribution in [3.63, 3.8) is 0 Å². The van der Waals surface area contributed by atoms with Gasteiger partial charge in [-0.05, 0) is 48.8 Å². The number of hydrogen-bond acceptors (Lipinski definition) is 9. The van der Waals surface area contributed by atoms with E-state index in [9.17, 15) is 25.2 Å². The van der Waals surface area contributed by atoms with Crippen LogP contribution in [0.1, 0.15) is 40.0 Å². The van der Waals surface area contributed by atoms with Crippen molar-refractivity contribution < 1.29 is 34.7 Å². The molecule has 4 heterocycles. The Balaban J connectivity index is 1.51. The third kappa shape index (κ3) is 5.99. The molecule has 35 heavy (non-hydrogen) atoms. The molecule has 2 saturated heterocycles. The van der Waals surface area contributed by atoms with Crippen LogP contribution >= 0.6 is 11.8 Å². The van der Waals surface area contributed by atoms with E-state index >= 15 is 0 Å². The number of fused-ring (bicyclic) bond motifs is 3. The first kappa shape index (κ1) is 26.8. The second-order valence-electron chi connectivity index (χ2n) is 10.8. The zero-order valence-corrected chi connectivity index (χ0v) is 21.4. The summed E-state index contributed by atoms with van der Waals surface area (Å²) >= 11 is 1.38. The second kappa shape index (κ2) is 11.4. The molecular formula is C25H40N2O7S. The van der Waals surface area contributed by atoms with E-state index in [-0.39, 0.29) is 29.6 Å². The number of allylic oxidation sites excluding steroid dienone is 2. The lowest BCUT2D eigenvalue weighted by Gasteiger charge is -2.45. The van der Waals surface area contributed by atoms with Crippen molar-refractivity contribution in [3.05, 3.63) is 24.2 Å². The molecule has 198 valence electrons. The zero-order valence-electron chi connectivity index (χ0n) is 20.6. The Bertz CT molecular complexity index is 809. The van der Waals surface area contributed by atoms with E-state index in [1.54, 1.807) is 6.08 Å². The largest absolute Gasteiger partial charge is 0.481 e. The maximum Gasteiger partial charge on any atom is 0.273 e. The smallest absolute Gasteiger partial charge is 0.273 e. The minimum Gasteiger partial charge on any atom is -0.481 e. The molecule has 0 spiro atoms. The maximum atomic E-state index is 13.5. The van der Waals surface area contributed by atoms with Crippen LogP contribution in [0.2, 0.25) is 0 Å². The summed E-state index contributed by atoms with van der Waals surface area (Å²) < 4.78 is 11.9. The number of carbonyl (C=O) groups excluding carboxylic acids is 1. The minimum atomic E-state index is -1.37. The van der Waals surface area contributed by atoms with Gasteiger partial charge in [-0.2, -0.15) is 0 Å². The summed E-state index contributed by atoms with van der Waals surface area (Å²) in [6.45, 7) is 6.82. The van der Waals surface area contributed by atoms with Gasteiger partial charge in [0, 0.05) is 12.5 Å². The van der Waals surface area contributed by atoms with Crippen LogP contribution in [0, 0.1) is 23.7 Å². The SMILES string of the molecule is CC(C)C[C@@H]1C=C(O)O[C@@H]2[C@H](CN[C@@H]2C(=O)N[C@H]2[C@H]3O[C@H](SCC/C=C\[C@H]2C)[C@H](O)[C@@H](O)[C@H]3O)C1. The molecule has 0 radical (unpaired) electrons. The highest BCUT2D eigenvalue weighted by atomic mass is 32.2. The Hall–Kier alpha value is -1.30. The molecule has 4 aliphatic heterocycles. The van der Waals surface area contributed by atoms with Crippen molar-refractivity contribution in [1.29, 1.82) is 0 Å². The van der Waals surface area contributed by atoms with Crippen LogP contribution in [0.3, 0.4) is 0 Å². The topological polar surface area (TPSA) is 141 Å². The van der Waals surface area contributed by atoms with E-state index in [4.69, 9.17) is 9.47 Å². The number of carbonyl (C=O) groups is 1. The zero-order chi connectivity index (χ0) is 25.3. The van der Waals surface area contributed by atoms with Crippen molar-refractivity contribution in [1.82, 2.24) is 10.6 Å². The van der Waals surface area contributed by atoms with Gasteiger partial charge in [-0.25, -0.2) is 0 Å². The maximum absolute atomic E-state index is 13.5. The Labute approximate surface area is 211 Å². The molecule has 11 atom stereocenters. The van der Waals surface area contributed by atoms with Gasteiger partial charge in [0.15, 0.2) is 0 Å². The molecule has 0 aromatic heterocycles. The number of thioether (sulfide) groups is 1. The van der Waals surface area contributed by atoms with Crippen LogP contribution in [-0.2, 0) is 14.3 Å². The van der Waals surface area contributed by atoms with Gasteiger partial charge < -0.3 is 40.5 Å². The lowest BCUT2D eigenvalue weighted by atomic mass is 9.85. The number of aliphatic hydroxyl groups excluding tert-OH is 4. The van der Waals surface area contributed by atoms with Gasteiger partial charge in [0.25, 0.3) is 5.95 Å². The molecule has 6 N–H and O–H groups in total. The van der Waals surface area contributed by atoms with Gasteiger partial charge in [0.05, 0.1) is 6.04 Å². The van der Waals surface area contributed by atoms with Gasteiger partial charge in [-0.1, -0.05) is 32.9 Å². The molecule has 2 fully saturated rings. The summed E-state index contributed by atoms with van der Waals surface area (Å²) in [5.41, 5.74) is -0.698. The van der Waals surface area contributed by atoms with E-state index in [1.807, 2.05) is 19.1 Å². The Morgan fingerprint density at radius 1 is 1.23 bits per heavy atom. The van der Waals surface area contributed by atoms with Crippen LogP contribution in [0.5, 0.6) is 0 Å². The summed E-state index contributed by atoms with van der Waals surface area (Å²) in [5.74, 6) is 0.808. The number of rotatable bonds is 4. The standard InChI is InChI=1S/C25H40N2O7S/c1-12(2)8-14-9-15-11-26-18(22(15)33-16(28)10-14)24(32)27-17-13(3)6-4-5-7-35-25-21(31)19(29)20(30)23(17)34-25/h4,6,10,12-15,17-23,25-26,28-31H,5,7-9,11H2,1-3H3,(H,27,32)/b6-4-/t13-,14+,15+,17-,18+,19+,20-,21-,22-,23-,25-/m1/s1. The Morgan fingerprint density at radius 2 is 2.00 bits per heavy atom. The number of hydrogen-bond donors (Lipinski definition) is 6. The number of aliphatic hydroxyl groups is 4. The van der Waals surface area contributed by atoms with Crippen molar-refractivity contribution in [2.75, 3.05) is 12.3 Å². The lowest BCUT2D eigenvalue weighted by molar-refractivity contribution is -0.207. The van der Waals surface area contributed by atoms with Crippen LogP contribution in [-0.4, -0.2) is 86.7 Å². The summed E-state index contributed by atoms with van der Waals surface area (Å²) in [6, 6.07) is -1.32. The molecule has 0 unspecified atom stereocenters. The van der Waals surface area contributed by atoms with Crippen LogP contribution < -0.4 is 10.6 Å². The molecule has 4 rings (SSSR count). The molecule has 0 aromatic carbocycles. The first-order valence-electron chi connectivity index (χ1n) is 12.7. The summed E-state index contributed by atoms with van der Waals surface area (Å²) in [4.78, 5) is 13.5. The van der Waals surface area contributed by atoms with Crippen molar-refractivity contribution in [3.8, 4) is 0 Å². The highest BCUT2D eigenvalue weighted by Crippen LogP contribution is 2.35. The molecule has 0 aromatic rings. The number of amides is 1. The fourth-order valence-corrected chi connectivity index (χ4v) is 6.84. The van der Waals surface area contributed by atoms with Gasteiger partial charge in [0.1, 0.15) is 42.0 Å². The van der Waals surface area contributed by atoms with Crippen molar-refractivity contribution in [2.24, 2.45) is 23.7 Å². The summed E-state index contributed by atoms with van der Waals surface area (Å²) in [5, 5.41) is 48.3. The third-order valence-corrected chi connectivity index (χ3v) is 8.72. The van der Waals surface area contributed by atoms with Crippen molar-refractivity contribution >= 4 is 17.7 Å². The van der Waals surface area contributed by atoms with Crippen LogP contribution in [0.4, 0.5) is 0 Å². The fraction of sp³-hybridized carbons (Fsp3) is 0.800. The normalized spacial score (nSPS) is 45.0. The summed E-state index contributed by atoms with van der Waals surface area (Å²) in [6.07, 6.45) is 2.93. The van der Waals surface area contributed by atoms with Gasteiger partial charge in [-0.15, -0.1) is 11.8 Å². The molecule has 4 aliphatic rings. The molecule has 10 heteroatoms. The molecule has 9 nitrogen and oxygen atoms in total. The lowest BCUT2D eigenvalue weighted by Crippen LogP contribution is -2.65. The quantitative estimate of drug-likeness (QED) is 0.305. The highest BCUT2D eigenvalue weighted by molar-refractivity contribution is 7.99. The van der Waals surface area contributed by atoms with E-state index in [0.717, 1.165) is 19.3 Å². The predicted octanol–water partition coefficient (Wildman–Crippen LogP) is 1.05. The molecular weight excluding hydrogens is 472 g/mol. The average molecular weight is 513 g/mol. The highest BCUT2D eigenvalue weighted by Gasteiger charge is 2.50. The Kier molecular flexibility index (Phi) is 8.71. The minimum absolute atomic E-state index is 0.0750. The third-order valence-electron chi connectivity index (χ3n) is 7.53.